The van der Waals surface area contributed by atoms with Crippen molar-refractivity contribution in [2.75, 3.05) is 27.8 Å². The van der Waals surface area contributed by atoms with Crippen molar-refractivity contribution in [3.05, 3.63) is 65.2 Å². The van der Waals surface area contributed by atoms with Crippen LogP contribution in [-0.2, 0) is 24.4 Å². The maximum Gasteiger partial charge on any atom is 0.194 e. The molecular formula is C21H29N3O2. The molecule has 0 aromatic heterocycles. The number of nitrogens with one attached hydrogen (secondary N) is 1. The Morgan fingerprint density at radius 3 is 2.35 bits per heavy atom. The standard InChI is InChI=1S/C21H29N3O2/c1-5-22-21(23-14-18-8-6-7-9-19(18)16-25-3)24(2)15-17-10-12-20(26-4)13-11-17/h6-13H,5,14-16H2,1-4H3,(H,22,23). The quantitative estimate of drug-likeness (QED) is 0.582. The van der Waals surface area contributed by atoms with Crippen molar-refractivity contribution in [3.63, 3.8) is 0 Å². The number of benzene rings is 2. The van der Waals surface area contributed by atoms with Crippen molar-refractivity contribution in [2.24, 2.45) is 4.99 Å². The van der Waals surface area contributed by atoms with Gasteiger partial charge < -0.3 is 19.7 Å². The van der Waals surface area contributed by atoms with Gasteiger partial charge in [0.05, 0.1) is 20.3 Å². The topological polar surface area (TPSA) is 46.1 Å². The molecule has 2 rings (SSSR count). The third-order valence-corrected chi connectivity index (χ3v) is 4.09. The summed E-state index contributed by atoms with van der Waals surface area (Å²) < 4.78 is 10.5. The zero-order valence-electron chi connectivity index (χ0n) is 16.2. The Hall–Kier alpha value is -2.53. The van der Waals surface area contributed by atoms with Gasteiger partial charge in [0.15, 0.2) is 5.96 Å². The maximum absolute atomic E-state index is 5.28. The highest BCUT2D eigenvalue weighted by Crippen LogP contribution is 2.14. The zero-order valence-corrected chi connectivity index (χ0v) is 16.2. The fourth-order valence-corrected chi connectivity index (χ4v) is 2.72. The van der Waals surface area contributed by atoms with E-state index >= 15 is 0 Å². The van der Waals surface area contributed by atoms with Gasteiger partial charge in [0, 0.05) is 27.2 Å². The number of rotatable bonds is 8. The molecule has 2 aromatic carbocycles. The van der Waals surface area contributed by atoms with E-state index in [-0.39, 0.29) is 0 Å². The Labute approximate surface area is 156 Å². The van der Waals surface area contributed by atoms with Crippen LogP contribution in [0.15, 0.2) is 53.5 Å². The fraction of sp³-hybridized carbons (Fsp3) is 0.381. The van der Waals surface area contributed by atoms with Gasteiger partial charge >= 0.3 is 0 Å². The lowest BCUT2D eigenvalue weighted by Gasteiger charge is -2.22. The molecule has 0 heterocycles. The number of aliphatic imine (C=N–C) groups is 1. The van der Waals surface area contributed by atoms with Crippen LogP contribution >= 0.6 is 0 Å². The van der Waals surface area contributed by atoms with Gasteiger partial charge in [-0.1, -0.05) is 36.4 Å². The van der Waals surface area contributed by atoms with Gasteiger partial charge in [-0.25, -0.2) is 4.99 Å². The van der Waals surface area contributed by atoms with Crippen molar-refractivity contribution >= 4 is 5.96 Å². The molecule has 26 heavy (non-hydrogen) atoms. The van der Waals surface area contributed by atoms with Crippen LogP contribution in [0.3, 0.4) is 0 Å². The smallest absolute Gasteiger partial charge is 0.194 e. The highest BCUT2D eigenvalue weighted by atomic mass is 16.5. The van der Waals surface area contributed by atoms with Crippen molar-refractivity contribution in [2.45, 2.75) is 26.6 Å². The molecule has 0 saturated carbocycles. The lowest BCUT2D eigenvalue weighted by molar-refractivity contribution is 0.184. The summed E-state index contributed by atoms with van der Waals surface area (Å²) in [6.45, 7) is 4.90. The van der Waals surface area contributed by atoms with Gasteiger partial charge in [-0.3, -0.25) is 0 Å². The Bertz CT molecular complexity index is 699. The Morgan fingerprint density at radius 1 is 1.04 bits per heavy atom. The number of methoxy groups -OCH3 is 2. The minimum atomic E-state index is 0.601. The molecule has 2 aromatic rings. The number of hydrogen-bond acceptors (Lipinski definition) is 3. The average Bonchev–Trinajstić information content (AvgIpc) is 2.67. The van der Waals surface area contributed by atoms with Crippen LogP contribution in [0.4, 0.5) is 0 Å². The van der Waals surface area contributed by atoms with E-state index in [1.807, 2.05) is 31.3 Å². The molecule has 0 aliphatic carbocycles. The molecule has 0 radical (unpaired) electrons. The van der Waals surface area contributed by atoms with Crippen LogP contribution in [0.1, 0.15) is 23.6 Å². The molecule has 0 atom stereocenters. The highest BCUT2D eigenvalue weighted by molar-refractivity contribution is 5.79. The molecular weight excluding hydrogens is 326 g/mol. The minimum Gasteiger partial charge on any atom is -0.497 e. The zero-order chi connectivity index (χ0) is 18.8. The number of hydrogen-bond donors (Lipinski definition) is 1. The second-order valence-corrected chi connectivity index (χ2v) is 6.08. The molecule has 0 spiro atoms. The second-order valence-electron chi connectivity index (χ2n) is 6.08. The summed E-state index contributed by atoms with van der Waals surface area (Å²) >= 11 is 0. The molecule has 0 amide bonds. The summed E-state index contributed by atoms with van der Waals surface area (Å²) in [4.78, 5) is 6.94. The largest absolute Gasteiger partial charge is 0.497 e. The van der Waals surface area contributed by atoms with Gasteiger partial charge in [0.1, 0.15) is 5.75 Å². The molecule has 0 unspecified atom stereocenters. The molecule has 1 N–H and O–H groups in total. The van der Waals surface area contributed by atoms with E-state index in [9.17, 15) is 0 Å². The van der Waals surface area contributed by atoms with E-state index in [0.29, 0.717) is 13.2 Å². The predicted octanol–water partition coefficient (Wildman–Crippen LogP) is 3.44. The van der Waals surface area contributed by atoms with Gasteiger partial charge in [-0.05, 0) is 35.7 Å². The van der Waals surface area contributed by atoms with E-state index < -0.39 is 0 Å². The first-order valence-corrected chi connectivity index (χ1v) is 8.86. The van der Waals surface area contributed by atoms with Crippen molar-refractivity contribution in [1.29, 1.82) is 0 Å². The van der Waals surface area contributed by atoms with Crippen LogP contribution in [0, 0.1) is 0 Å². The van der Waals surface area contributed by atoms with Gasteiger partial charge in [-0.2, -0.15) is 0 Å². The summed E-state index contributed by atoms with van der Waals surface area (Å²) in [5, 5.41) is 3.37. The second kappa shape index (κ2) is 10.5. The first-order valence-electron chi connectivity index (χ1n) is 8.86. The molecule has 0 saturated heterocycles. The SMILES string of the molecule is CCNC(=NCc1ccccc1COC)N(C)Cc1ccc(OC)cc1. The molecule has 140 valence electrons. The first kappa shape index (κ1) is 19.8. The monoisotopic (exact) mass is 355 g/mol. The van der Waals surface area contributed by atoms with Crippen molar-refractivity contribution in [3.8, 4) is 5.75 Å². The fourth-order valence-electron chi connectivity index (χ4n) is 2.72. The number of guanidine groups is 1. The Morgan fingerprint density at radius 2 is 1.73 bits per heavy atom. The minimum absolute atomic E-state index is 0.601. The first-order chi connectivity index (χ1) is 12.7. The van der Waals surface area contributed by atoms with E-state index in [2.05, 4.69) is 41.4 Å². The van der Waals surface area contributed by atoms with Gasteiger partial charge in [-0.15, -0.1) is 0 Å². The summed E-state index contributed by atoms with van der Waals surface area (Å²) in [6, 6.07) is 16.4. The van der Waals surface area contributed by atoms with Crippen molar-refractivity contribution in [1.82, 2.24) is 10.2 Å². The maximum atomic E-state index is 5.28. The van der Waals surface area contributed by atoms with Crippen LogP contribution in [0.5, 0.6) is 5.75 Å². The summed E-state index contributed by atoms with van der Waals surface area (Å²) in [5.41, 5.74) is 3.56. The molecule has 0 bridgehead atoms. The van der Waals surface area contributed by atoms with E-state index in [1.54, 1.807) is 14.2 Å². The Kier molecular flexibility index (Phi) is 7.96. The average molecular weight is 355 g/mol. The lowest BCUT2D eigenvalue weighted by Crippen LogP contribution is -2.38. The predicted molar refractivity (Wildman–Crippen MR) is 106 cm³/mol. The summed E-state index contributed by atoms with van der Waals surface area (Å²) in [5.74, 6) is 1.75. The van der Waals surface area contributed by atoms with Gasteiger partial charge in [0.2, 0.25) is 0 Å². The van der Waals surface area contributed by atoms with E-state index in [1.165, 1.54) is 16.7 Å². The summed E-state index contributed by atoms with van der Waals surface area (Å²) in [6.07, 6.45) is 0. The number of ether oxygens (including phenoxy) is 2. The van der Waals surface area contributed by atoms with Crippen LogP contribution in [0.25, 0.3) is 0 Å². The molecule has 5 heteroatoms. The van der Waals surface area contributed by atoms with Gasteiger partial charge in [0.25, 0.3) is 0 Å². The molecule has 0 aliphatic rings. The highest BCUT2D eigenvalue weighted by Gasteiger charge is 2.08. The van der Waals surface area contributed by atoms with Crippen molar-refractivity contribution < 1.29 is 9.47 Å². The van der Waals surface area contributed by atoms with Crippen LogP contribution in [0.2, 0.25) is 0 Å². The molecule has 5 nitrogen and oxygen atoms in total. The molecule has 0 aliphatic heterocycles. The van der Waals surface area contributed by atoms with E-state index in [4.69, 9.17) is 14.5 Å². The van der Waals surface area contributed by atoms with Crippen LogP contribution < -0.4 is 10.1 Å². The third kappa shape index (κ3) is 5.77. The lowest BCUT2D eigenvalue weighted by atomic mass is 10.1. The summed E-state index contributed by atoms with van der Waals surface area (Å²) in [7, 11) is 5.44. The van der Waals surface area contributed by atoms with E-state index in [0.717, 1.165) is 24.8 Å². The third-order valence-electron chi connectivity index (χ3n) is 4.09. The molecule has 0 fully saturated rings. The Balaban J connectivity index is 2.09. The number of nitrogens with zero attached hydrogens (tertiary/aromatic N) is 2. The normalized spacial score (nSPS) is 11.3. The van der Waals surface area contributed by atoms with Crippen LogP contribution in [-0.4, -0.2) is 38.7 Å².